The fourth-order valence-electron chi connectivity index (χ4n) is 2.02. The average Bonchev–Trinajstić information content (AvgIpc) is 2.18. The number of nitrogens with one attached hydrogen (secondary N) is 1. The molecule has 0 aromatic carbocycles. The van der Waals surface area contributed by atoms with E-state index in [-0.39, 0.29) is 0 Å². The van der Waals surface area contributed by atoms with Crippen LogP contribution in [0.2, 0.25) is 0 Å². The van der Waals surface area contributed by atoms with Crippen molar-refractivity contribution < 1.29 is 4.74 Å². The van der Waals surface area contributed by atoms with E-state index in [0.29, 0.717) is 12.1 Å². The maximum Gasteiger partial charge on any atom is 0.0620 e. The molecule has 0 saturated carbocycles. The molecule has 3 nitrogen and oxygen atoms in total. The van der Waals surface area contributed by atoms with E-state index in [1.54, 1.807) is 0 Å². The molecular formula is C11H24N2O. The zero-order valence-corrected chi connectivity index (χ0v) is 9.75. The van der Waals surface area contributed by atoms with Gasteiger partial charge in [-0.15, -0.1) is 0 Å². The van der Waals surface area contributed by atoms with Crippen LogP contribution in [0.3, 0.4) is 0 Å². The molecule has 2 unspecified atom stereocenters. The van der Waals surface area contributed by atoms with Crippen LogP contribution in [0.15, 0.2) is 0 Å². The highest BCUT2D eigenvalue weighted by Crippen LogP contribution is 2.11. The second kappa shape index (κ2) is 6.38. The van der Waals surface area contributed by atoms with Crippen LogP contribution in [0.1, 0.15) is 26.2 Å². The van der Waals surface area contributed by atoms with Gasteiger partial charge in [0, 0.05) is 18.6 Å². The molecule has 0 amide bonds. The summed E-state index contributed by atoms with van der Waals surface area (Å²) in [6.45, 7) is 5.02. The van der Waals surface area contributed by atoms with Crippen LogP contribution in [0.5, 0.6) is 0 Å². The lowest BCUT2D eigenvalue weighted by atomic mass is 10.0. The standard InChI is InChI=1S/C11H24N2O/c1-4-5-11(13(2)3)8-10-9-14-7-6-12-10/h10-12H,4-9H2,1-3H3. The van der Waals surface area contributed by atoms with E-state index < -0.39 is 0 Å². The van der Waals surface area contributed by atoms with Gasteiger partial charge in [0.05, 0.1) is 13.2 Å². The molecule has 1 aliphatic heterocycles. The monoisotopic (exact) mass is 200 g/mol. The van der Waals surface area contributed by atoms with E-state index in [1.165, 1.54) is 19.3 Å². The Morgan fingerprint density at radius 2 is 2.29 bits per heavy atom. The van der Waals surface area contributed by atoms with E-state index >= 15 is 0 Å². The second-order valence-electron chi connectivity index (χ2n) is 4.37. The van der Waals surface area contributed by atoms with E-state index in [0.717, 1.165) is 19.8 Å². The molecule has 0 aliphatic carbocycles. The van der Waals surface area contributed by atoms with Gasteiger partial charge in [0.1, 0.15) is 0 Å². The number of hydrogen-bond acceptors (Lipinski definition) is 3. The van der Waals surface area contributed by atoms with Gasteiger partial charge in [-0.25, -0.2) is 0 Å². The number of ether oxygens (including phenoxy) is 1. The van der Waals surface area contributed by atoms with Gasteiger partial charge in [-0.2, -0.15) is 0 Å². The molecular weight excluding hydrogens is 176 g/mol. The SMILES string of the molecule is CCCC(CC1COCCN1)N(C)C. The summed E-state index contributed by atoms with van der Waals surface area (Å²) in [5, 5.41) is 3.51. The molecule has 84 valence electrons. The van der Waals surface area contributed by atoms with Crippen LogP contribution in [0.25, 0.3) is 0 Å². The highest BCUT2D eigenvalue weighted by Gasteiger charge is 2.19. The second-order valence-corrected chi connectivity index (χ2v) is 4.37. The molecule has 0 radical (unpaired) electrons. The third-order valence-electron chi connectivity index (χ3n) is 2.91. The van der Waals surface area contributed by atoms with Crippen molar-refractivity contribution in [3.8, 4) is 0 Å². The smallest absolute Gasteiger partial charge is 0.0620 e. The van der Waals surface area contributed by atoms with Crippen LogP contribution in [0.4, 0.5) is 0 Å². The number of hydrogen-bond donors (Lipinski definition) is 1. The van der Waals surface area contributed by atoms with Gasteiger partial charge in [0.25, 0.3) is 0 Å². The maximum atomic E-state index is 5.46. The fraction of sp³-hybridized carbons (Fsp3) is 1.00. The highest BCUT2D eigenvalue weighted by molar-refractivity contribution is 4.77. The zero-order chi connectivity index (χ0) is 10.4. The quantitative estimate of drug-likeness (QED) is 0.719. The first kappa shape index (κ1) is 12.0. The largest absolute Gasteiger partial charge is 0.379 e. The molecule has 2 atom stereocenters. The van der Waals surface area contributed by atoms with Crippen molar-refractivity contribution in [1.82, 2.24) is 10.2 Å². The molecule has 14 heavy (non-hydrogen) atoms. The average molecular weight is 200 g/mol. The Bertz CT molecular complexity index is 144. The Balaban J connectivity index is 2.29. The highest BCUT2D eigenvalue weighted by atomic mass is 16.5. The van der Waals surface area contributed by atoms with Gasteiger partial charge < -0.3 is 15.0 Å². The van der Waals surface area contributed by atoms with Crippen molar-refractivity contribution in [2.45, 2.75) is 38.3 Å². The maximum absolute atomic E-state index is 5.46. The topological polar surface area (TPSA) is 24.5 Å². The summed E-state index contributed by atoms with van der Waals surface area (Å²) in [4.78, 5) is 2.33. The van der Waals surface area contributed by atoms with E-state index in [4.69, 9.17) is 4.74 Å². The minimum Gasteiger partial charge on any atom is -0.379 e. The normalized spacial score (nSPS) is 25.3. The Morgan fingerprint density at radius 3 is 2.79 bits per heavy atom. The summed E-state index contributed by atoms with van der Waals surface area (Å²) >= 11 is 0. The van der Waals surface area contributed by atoms with Crippen LogP contribution in [-0.2, 0) is 4.74 Å². The third-order valence-corrected chi connectivity index (χ3v) is 2.91. The molecule has 0 aromatic heterocycles. The number of morpholine rings is 1. The van der Waals surface area contributed by atoms with Crippen molar-refractivity contribution in [2.24, 2.45) is 0 Å². The van der Waals surface area contributed by atoms with Crippen molar-refractivity contribution in [3.63, 3.8) is 0 Å². The minimum absolute atomic E-state index is 0.558. The molecule has 1 aliphatic rings. The Labute approximate surface area is 87.8 Å². The van der Waals surface area contributed by atoms with E-state index in [2.05, 4.69) is 31.2 Å². The van der Waals surface area contributed by atoms with Crippen LogP contribution < -0.4 is 5.32 Å². The molecule has 1 rings (SSSR count). The molecule has 0 bridgehead atoms. The lowest BCUT2D eigenvalue weighted by Crippen LogP contribution is -2.45. The lowest BCUT2D eigenvalue weighted by molar-refractivity contribution is 0.0640. The first-order chi connectivity index (χ1) is 6.74. The van der Waals surface area contributed by atoms with Crippen molar-refractivity contribution in [3.05, 3.63) is 0 Å². The van der Waals surface area contributed by atoms with Crippen LogP contribution in [0, 0.1) is 0 Å². The molecule has 3 heteroatoms. The summed E-state index contributed by atoms with van der Waals surface area (Å²) in [5.41, 5.74) is 0. The zero-order valence-electron chi connectivity index (χ0n) is 9.75. The Morgan fingerprint density at radius 1 is 1.50 bits per heavy atom. The van der Waals surface area contributed by atoms with E-state index in [9.17, 15) is 0 Å². The predicted molar refractivity (Wildman–Crippen MR) is 59.6 cm³/mol. The van der Waals surface area contributed by atoms with Gasteiger partial charge in [0.2, 0.25) is 0 Å². The van der Waals surface area contributed by atoms with Crippen LogP contribution in [-0.4, -0.2) is 50.8 Å². The number of nitrogens with zero attached hydrogens (tertiary/aromatic N) is 1. The first-order valence-corrected chi connectivity index (χ1v) is 5.71. The lowest BCUT2D eigenvalue weighted by Gasteiger charge is -2.31. The molecule has 0 spiro atoms. The molecule has 1 N–H and O–H groups in total. The van der Waals surface area contributed by atoms with Crippen molar-refractivity contribution in [1.29, 1.82) is 0 Å². The minimum atomic E-state index is 0.558. The Kier molecular flexibility index (Phi) is 5.45. The first-order valence-electron chi connectivity index (χ1n) is 5.71. The van der Waals surface area contributed by atoms with Gasteiger partial charge in [0.15, 0.2) is 0 Å². The number of rotatable bonds is 5. The van der Waals surface area contributed by atoms with Gasteiger partial charge in [-0.1, -0.05) is 13.3 Å². The van der Waals surface area contributed by atoms with Gasteiger partial charge >= 0.3 is 0 Å². The molecule has 1 saturated heterocycles. The predicted octanol–water partition coefficient (Wildman–Crippen LogP) is 1.10. The van der Waals surface area contributed by atoms with Gasteiger partial charge in [-0.05, 0) is 26.9 Å². The summed E-state index contributed by atoms with van der Waals surface area (Å²) in [7, 11) is 4.34. The van der Waals surface area contributed by atoms with Crippen molar-refractivity contribution in [2.75, 3.05) is 33.9 Å². The molecule has 1 fully saturated rings. The van der Waals surface area contributed by atoms with Crippen LogP contribution >= 0.6 is 0 Å². The molecule has 1 heterocycles. The van der Waals surface area contributed by atoms with E-state index in [1.807, 2.05) is 0 Å². The summed E-state index contributed by atoms with van der Waals surface area (Å²) < 4.78 is 5.46. The third kappa shape index (κ3) is 3.95. The van der Waals surface area contributed by atoms with Gasteiger partial charge in [-0.3, -0.25) is 0 Å². The Hall–Kier alpha value is -0.120. The fourth-order valence-corrected chi connectivity index (χ4v) is 2.02. The molecule has 0 aromatic rings. The summed E-state index contributed by atoms with van der Waals surface area (Å²) in [5.74, 6) is 0. The van der Waals surface area contributed by atoms with Crippen molar-refractivity contribution >= 4 is 0 Å². The summed E-state index contributed by atoms with van der Waals surface area (Å²) in [6, 6.07) is 1.25. The summed E-state index contributed by atoms with van der Waals surface area (Å²) in [6.07, 6.45) is 3.75.